The minimum Gasteiger partial charge on any atom is -0.459 e. The Bertz CT molecular complexity index is 1390. The number of aromatic nitrogens is 4. The van der Waals surface area contributed by atoms with Crippen LogP contribution in [0.5, 0.6) is 0 Å². The van der Waals surface area contributed by atoms with Gasteiger partial charge in [-0.1, -0.05) is 19.6 Å². The number of hydrogen-bond acceptors (Lipinski definition) is 7. The Balaban J connectivity index is 1.36. The smallest absolute Gasteiger partial charge is 0.393 e. The van der Waals surface area contributed by atoms with Gasteiger partial charge in [-0.15, -0.1) is 0 Å². The number of rotatable bonds is 9. The molecular weight excluding hydrogens is 489 g/mol. The van der Waals surface area contributed by atoms with Crippen LogP contribution in [0.25, 0.3) is 22.0 Å². The number of halogens is 3. The molecule has 2 N–H and O–H groups in total. The molecule has 0 aliphatic heterocycles. The summed E-state index contributed by atoms with van der Waals surface area (Å²) >= 11 is 0. The highest BCUT2D eigenvalue weighted by Gasteiger charge is 2.56. The zero-order valence-electron chi connectivity index (χ0n) is 20.6. The SMILES string of the molecule is Cc1nn(COCC[Si](C)(C)C)c2cc(Nc3nc(NC4CC4C(F)(F)F)c4occc4n3)ccc12. The highest BCUT2D eigenvalue weighted by atomic mass is 28.3. The summed E-state index contributed by atoms with van der Waals surface area (Å²) in [6, 6.07) is 7.80. The van der Waals surface area contributed by atoms with E-state index in [1.54, 1.807) is 6.07 Å². The van der Waals surface area contributed by atoms with Crippen LogP contribution in [0.3, 0.4) is 0 Å². The van der Waals surface area contributed by atoms with Crippen LogP contribution in [0, 0.1) is 12.8 Å². The summed E-state index contributed by atoms with van der Waals surface area (Å²) < 4.78 is 52.2. The maximum Gasteiger partial charge on any atom is 0.393 e. The molecule has 36 heavy (non-hydrogen) atoms. The van der Waals surface area contributed by atoms with E-state index in [1.807, 2.05) is 29.8 Å². The quantitative estimate of drug-likeness (QED) is 0.199. The number of nitrogens with one attached hydrogen (secondary N) is 2. The van der Waals surface area contributed by atoms with Crippen molar-refractivity contribution in [3.8, 4) is 0 Å². The molecule has 12 heteroatoms. The van der Waals surface area contributed by atoms with Gasteiger partial charge < -0.3 is 19.8 Å². The fraction of sp³-hybridized carbons (Fsp3) is 0.458. The van der Waals surface area contributed by atoms with Crippen LogP contribution in [0.15, 0.2) is 34.9 Å². The van der Waals surface area contributed by atoms with Crippen molar-refractivity contribution in [1.29, 1.82) is 0 Å². The lowest BCUT2D eigenvalue weighted by Crippen LogP contribution is -2.22. The van der Waals surface area contributed by atoms with Crippen molar-refractivity contribution in [2.75, 3.05) is 17.2 Å². The van der Waals surface area contributed by atoms with Gasteiger partial charge in [-0.05, 0) is 37.6 Å². The van der Waals surface area contributed by atoms with Crippen molar-refractivity contribution >= 4 is 47.5 Å². The molecule has 5 rings (SSSR count). The van der Waals surface area contributed by atoms with Gasteiger partial charge in [-0.25, -0.2) is 9.67 Å². The molecule has 1 aromatic carbocycles. The zero-order chi connectivity index (χ0) is 25.7. The number of hydrogen-bond donors (Lipinski definition) is 2. The summed E-state index contributed by atoms with van der Waals surface area (Å²) in [5.41, 5.74) is 3.35. The number of benzene rings is 1. The van der Waals surface area contributed by atoms with Crippen molar-refractivity contribution in [3.05, 3.63) is 36.2 Å². The number of alkyl halides is 3. The topological polar surface area (TPSA) is 90.0 Å². The van der Waals surface area contributed by atoms with Gasteiger partial charge in [-0.3, -0.25) is 0 Å². The standard InChI is InChI=1S/C24H29F3N6O2Si/c1-14-16-6-5-15(11-20(16)33(32-14)13-34-9-10-36(2,3)4)28-23-30-18-7-8-35-21(18)22(31-23)29-19-12-17(19)24(25,26)27/h5-8,11,17,19H,9-10,12-13H2,1-4H3,(H2,28,29,30,31). The molecule has 2 unspecified atom stereocenters. The second-order valence-corrected chi connectivity index (χ2v) is 16.1. The number of nitrogens with zero attached hydrogens (tertiary/aromatic N) is 4. The number of fused-ring (bicyclic) bond motifs is 2. The van der Waals surface area contributed by atoms with Crippen LogP contribution in [-0.4, -0.2) is 46.6 Å². The minimum atomic E-state index is -4.23. The molecule has 3 heterocycles. The molecule has 1 aliphatic carbocycles. The number of ether oxygens (including phenoxy) is 1. The van der Waals surface area contributed by atoms with Crippen molar-refractivity contribution in [2.24, 2.45) is 5.92 Å². The predicted molar refractivity (Wildman–Crippen MR) is 135 cm³/mol. The Kier molecular flexibility index (Phi) is 6.19. The van der Waals surface area contributed by atoms with Gasteiger partial charge in [0.05, 0.1) is 23.4 Å². The lowest BCUT2D eigenvalue weighted by molar-refractivity contribution is -0.147. The first kappa shape index (κ1) is 24.6. The Hall–Kier alpha value is -3.12. The first-order chi connectivity index (χ1) is 17.0. The second kappa shape index (κ2) is 9.07. The van der Waals surface area contributed by atoms with E-state index in [2.05, 4.69) is 45.3 Å². The molecule has 1 saturated carbocycles. The van der Waals surface area contributed by atoms with E-state index in [4.69, 9.17) is 9.15 Å². The van der Waals surface area contributed by atoms with E-state index in [-0.39, 0.29) is 18.2 Å². The fourth-order valence-corrected chi connectivity index (χ4v) is 4.84. The van der Waals surface area contributed by atoms with Crippen LogP contribution in [-0.2, 0) is 11.5 Å². The molecule has 192 valence electrons. The molecule has 2 atom stereocenters. The maximum atomic E-state index is 13.0. The molecule has 8 nitrogen and oxygen atoms in total. The Morgan fingerprint density at radius 3 is 2.72 bits per heavy atom. The van der Waals surface area contributed by atoms with E-state index in [9.17, 15) is 13.2 Å². The zero-order valence-corrected chi connectivity index (χ0v) is 21.6. The third-order valence-corrected chi connectivity index (χ3v) is 7.94. The van der Waals surface area contributed by atoms with Gasteiger partial charge >= 0.3 is 6.18 Å². The molecule has 0 saturated heterocycles. The molecule has 0 amide bonds. The monoisotopic (exact) mass is 518 g/mol. The normalized spacial score (nSPS) is 18.2. The third-order valence-electron chi connectivity index (χ3n) is 6.24. The molecule has 1 fully saturated rings. The van der Waals surface area contributed by atoms with Crippen molar-refractivity contribution in [1.82, 2.24) is 19.7 Å². The third kappa shape index (κ3) is 5.33. The molecule has 1 aliphatic rings. The highest BCUT2D eigenvalue weighted by Crippen LogP contribution is 2.46. The van der Waals surface area contributed by atoms with E-state index < -0.39 is 26.2 Å². The fourth-order valence-electron chi connectivity index (χ4n) is 4.08. The van der Waals surface area contributed by atoms with Gasteiger partial charge in [0.15, 0.2) is 11.4 Å². The number of furan rings is 1. The number of anilines is 3. The lowest BCUT2D eigenvalue weighted by Gasteiger charge is -2.15. The van der Waals surface area contributed by atoms with Crippen molar-refractivity contribution < 1.29 is 22.3 Å². The molecule has 0 radical (unpaired) electrons. The summed E-state index contributed by atoms with van der Waals surface area (Å²) in [6.45, 7) is 9.93. The first-order valence-corrected chi connectivity index (χ1v) is 15.6. The van der Waals surface area contributed by atoms with Crippen LogP contribution in [0.4, 0.5) is 30.6 Å². The minimum absolute atomic E-state index is 0.0124. The molecule has 4 aromatic rings. The van der Waals surface area contributed by atoms with E-state index >= 15 is 0 Å². The van der Waals surface area contributed by atoms with Crippen LogP contribution in [0.2, 0.25) is 25.7 Å². The van der Waals surface area contributed by atoms with E-state index in [0.717, 1.165) is 28.3 Å². The summed E-state index contributed by atoms with van der Waals surface area (Å²) in [5, 5.41) is 11.7. The summed E-state index contributed by atoms with van der Waals surface area (Å²) in [5.74, 6) is -0.890. The van der Waals surface area contributed by atoms with Gasteiger partial charge in [-0.2, -0.15) is 23.3 Å². The van der Waals surface area contributed by atoms with Crippen molar-refractivity contribution in [3.63, 3.8) is 0 Å². The Morgan fingerprint density at radius 1 is 1.19 bits per heavy atom. The summed E-state index contributed by atoms with van der Waals surface area (Å²) in [7, 11) is -1.18. The largest absolute Gasteiger partial charge is 0.459 e. The van der Waals surface area contributed by atoms with Crippen LogP contribution < -0.4 is 10.6 Å². The summed E-state index contributed by atoms with van der Waals surface area (Å²) in [6.07, 6.45) is -2.78. The number of aryl methyl sites for hydroxylation is 1. The Morgan fingerprint density at radius 2 is 2.00 bits per heavy atom. The average Bonchev–Trinajstić information content (AvgIpc) is 3.29. The van der Waals surface area contributed by atoms with Crippen LogP contribution in [0.1, 0.15) is 12.1 Å². The summed E-state index contributed by atoms with van der Waals surface area (Å²) in [4.78, 5) is 8.88. The molecular formula is C24H29F3N6O2Si. The van der Waals surface area contributed by atoms with E-state index in [1.165, 1.54) is 6.26 Å². The van der Waals surface area contributed by atoms with Gasteiger partial charge in [0, 0.05) is 37.9 Å². The van der Waals surface area contributed by atoms with Crippen LogP contribution >= 0.6 is 0 Å². The second-order valence-electron chi connectivity index (χ2n) is 10.5. The predicted octanol–water partition coefficient (Wildman–Crippen LogP) is 6.30. The lowest BCUT2D eigenvalue weighted by atomic mass is 10.2. The first-order valence-electron chi connectivity index (χ1n) is 11.9. The van der Waals surface area contributed by atoms with Gasteiger partial charge in [0.2, 0.25) is 5.95 Å². The molecule has 0 bridgehead atoms. The maximum absolute atomic E-state index is 13.0. The van der Waals surface area contributed by atoms with Crippen molar-refractivity contribution in [2.45, 2.75) is 58.0 Å². The average molecular weight is 519 g/mol. The molecule has 3 aromatic heterocycles. The van der Waals surface area contributed by atoms with E-state index in [0.29, 0.717) is 24.4 Å². The Labute approximate surface area is 207 Å². The molecule has 0 spiro atoms. The van der Waals surface area contributed by atoms with Gasteiger partial charge in [0.25, 0.3) is 0 Å². The highest BCUT2D eigenvalue weighted by molar-refractivity contribution is 6.76. The van der Waals surface area contributed by atoms with Gasteiger partial charge in [0.1, 0.15) is 12.2 Å².